The lowest BCUT2D eigenvalue weighted by atomic mass is 9.89. The second kappa shape index (κ2) is 7.99. The van der Waals surface area contributed by atoms with Crippen molar-refractivity contribution in [3.8, 4) is 11.1 Å². The molecule has 29 heavy (non-hydrogen) atoms. The van der Waals surface area contributed by atoms with Crippen molar-refractivity contribution in [1.29, 1.82) is 0 Å². The Morgan fingerprint density at radius 3 is 2.59 bits per heavy atom. The third kappa shape index (κ3) is 4.51. The van der Waals surface area contributed by atoms with Crippen LogP contribution in [0.3, 0.4) is 0 Å². The fourth-order valence-electron chi connectivity index (χ4n) is 3.86. The van der Waals surface area contributed by atoms with Gasteiger partial charge in [0.05, 0.1) is 13.2 Å². The molecule has 5 nitrogen and oxygen atoms in total. The lowest BCUT2D eigenvalue weighted by Gasteiger charge is -2.41. The molecular weight excluding hydrogens is 364 g/mol. The Bertz CT molecular complexity index is 905. The summed E-state index contributed by atoms with van der Waals surface area (Å²) in [4.78, 5) is 26.9. The maximum Gasteiger partial charge on any atom is 0.254 e. The third-order valence-electron chi connectivity index (χ3n) is 5.76. The first-order chi connectivity index (χ1) is 13.9. The van der Waals surface area contributed by atoms with Crippen molar-refractivity contribution in [3.63, 3.8) is 0 Å². The van der Waals surface area contributed by atoms with Crippen molar-refractivity contribution in [2.75, 3.05) is 19.7 Å². The van der Waals surface area contributed by atoms with E-state index in [9.17, 15) is 9.59 Å². The number of amides is 2. The van der Waals surface area contributed by atoms with Crippen LogP contribution in [0.2, 0.25) is 0 Å². The molecule has 1 aliphatic carbocycles. The molecule has 1 saturated carbocycles. The molecule has 0 spiro atoms. The lowest BCUT2D eigenvalue weighted by Crippen LogP contribution is -2.62. The Labute approximate surface area is 172 Å². The zero-order valence-corrected chi connectivity index (χ0v) is 17.1. The van der Waals surface area contributed by atoms with Gasteiger partial charge in [0.1, 0.15) is 0 Å². The van der Waals surface area contributed by atoms with Crippen molar-refractivity contribution < 1.29 is 14.3 Å². The molecule has 4 rings (SSSR count). The minimum Gasteiger partial charge on any atom is -0.361 e. The van der Waals surface area contributed by atoms with E-state index in [1.165, 1.54) is 5.56 Å². The second-order valence-electron chi connectivity index (χ2n) is 8.27. The van der Waals surface area contributed by atoms with Gasteiger partial charge in [0, 0.05) is 25.9 Å². The van der Waals surface area contributed by atoms with Gasteiger partial charge < -0.3 is 15.0 Å². The number of carbonyl (C=O) groups excluding carboxylic acids is 2. The van der Waals surface area contributed by atoms with Gasteiger partial charge in [0.15, 0.2) is 5.60 Å². The van der Waals surface area contributed by atoms with Crippen molar-refractivity contribution in [1.82, 2.24) is 10.2 Å². The Kier molecular flexibility index (Phi) is 5.41. The molecule has 2 amide bonds. The monoisotopic (exact) mass is 392 g/mol. The number of aryl methyl sites for hydroxylation is 1. The molecule has 0 unspecified atom stereocenters. The summed E-state index contributed by atoms with van der Waals surface area (Å²) in [5, 5.41) is 3.09. The summed E-state index contributed by atoms with van der Waals surface area (Å²) in [6.45, 7) is 4.80. The highest BCUT2D eigenvalue weighted by molar-refractivity contribution is 5.87. The van der Waals surface area contributed by atoms with Gasteiger partial charge in [-0.15, -0.1) is 0 Å². The van der Waals surface area contributed by atoms with E-state index in [4.69, 9.17) is 4.74 Å². The average molecular weight is 392 g/mol. The summed E-state index contributed by atoms with van der Waals surface area (Å²) < 4.78 is 6.10. The number of nitrogens with zero attached hydrogens (tertiary/aromatic N) is 1. The number of nitrogens with one attached hydrogen (secondary N) is 1. The van der Waals surface area contributed by atoms with Gasteiger partial charge in [-0.05, 0) is 36.5 Å². The highest BCUT2D eigenvalue weighted by atomic mass is 16.5. The molecule has 1 aliphatic heterocycles. The van der Waals surface area contributed by atoms with Crippen LogP contribution in [-0.2, 0) is 20.7 Å². The summed E-state index contributed by atoms with van der Waals surface area (Å²) in [6.07, 6.45) is 2.47. The van der Waals surface area contributed by atoms with Crippen molar-refractivity contribution in [3.05, 3.63) is 59.7 Å². The zero-order valence-electron chi connectivity index (χ0n) is 17.1. The van der Waals surface area contributed by atoms with Gasteiger partial charge in [0.2, 0.25) is 5.91 Å². The number of hydrogen-bond acceptors (Lipinski definition) is 3. The Hall–Kier alpha value is -2.66. The van der Waals surface area contributed by atoms with Crippen LogP contribution in [0, 0.1) is 6.92 Å². The molecule has 1 heterocycles. The van der Waals surface area contributed by atoms with Gasteiger partial charge >= 0.3 is 0 Å². The normalized spacial score (nSPS) is 21.7. The molecule has 1 saturated heterocycles. The van der Waals surface area contributed by atoms with Gasteiger partial charge in [-0.3, -0.25) is 9.59 Å². The SMILES string of the molecule is CC(=O)N1CCO[C@](Cc2cccc(-c3ccc(C)cc3)c2)(C(=O)NC2CC2)C1. The van der Waals surface area contributed by atoms with E-state index in [2.05, 4.69) is 48.6 Å². The largest absolute Gasteiger partial charge is 0.361 e. The number of rotatable bonds is 5. The predicted molar refractivity (Wildman–Crippen MR) is 112 cm³/mol. The van der Waals surface area contributed by atoms with Crippen molar-refractivity contribution in [2.24, 2.45) is 0 Å². The van der Waals surface area contributed by atoms with Crippen LogP contribution in [0.4, 0.5) is 0 Å². The van der Waals surface area contributed by atoms with Gasteiger partial charge in [-0.2, -0.15) is 0 Å². The Morgan fingerprint density at radius 2 is 1.90 bits per heavy atom. The first-order valence-electron chi connectivity index (χ1n) is 10.3. The minimum absolute atomic E-state index is 0.0229. The highest BCUT2D eigenvalue weighted by Gasteiger charge is 2.46. The number of hydrogen-bond donors (Lipinski definition) is 1. The molecule has 152 valence electrons. The maximum atomic E-state index is 13.2. The molecule has 1 atom stereocenters. The van der Waals surface area contributed by atoms with Gasteiger partial charge in [-0.1, -0.05) is 54.1 Å². The molecule has 5 heteroatoms. The summed E-state index contributed by atoms with van der Waals surface area (Å²) in [7, 11) is 0. The second-order valence-corrected chi connectivity index (χ2v) is 8.27. The molecule has 0 bridgehead atoms. The zero-order chi connectivity index (χ0) is 20.4. The van der Waals surface area contributed by atoms with Crippen LogP contribution in [0.15, 0.2) is 48.5 Å². The minimum atomic E-state index is -1.04. The smallest absolute Gasteiger partial charge is 0.254 e. The van der Waals surface area contributed by atoms with E-state index in [1.54, 1.807) is 11.8 Å². The summed E-state index contributed by atoms with van der Waals surface area (Å²) in [6, 6.07) is 16.9. The molecule has 2 fully saturated rings. The fraction of sp³-hybridized carbons (Fsp3) is 0.417. The standard InChI is InChI=1S/C24H28N2O3/c1-17-6-8-20(9-7-17)21-5-3-4-19(14-21)15-24(23(28)25-22-10-11-22)16-26(18(2)27)12-13-29-24/h3-9,14,22H,10-13,15-16H2,1-2H3,(H,25,28)/t24-/m0/s1. The predicted octanol–water partition coefficient (Wildman–Crippen LogP) is 3.10. The van der Waals surface area contributed by atoms with Crippen LogP contribution in [0.1, 0.15) is 30.9 Å². The number of morpholine rings is 1. The number of carbonyl (C=O) groups is 2. The van der Waals surface area contributed by atoms with Crippen LogP contribution < -0.4 is 5.32 Å². The first-order valence-corrected chi connectivity index (χ1v) is 10.3. The van der Waals surface area contributed by atoms with E-state index in [1.807, 2.05) is 12.1 Å². The Balaban J connectivity index is 1.62. The van der Waals surface area contributed by atoms with Crippen LogP contribution in [0.25, 0.3) is 11.1 Å². The van der Waals surface area contributed by atoms with E-state index in [0.717, 1.165) is 29.5 Å². The number of ether oxygens (including phenoxy) is 1. The van der Waals surface area contributed by atoms with E-state index >= 15 is 0 Å². The highest BCUT2D eigenvalue weighted by Crippen LogP contribution is 2.29. The van der Waals surface area contributed by atoms with Crippen molar-refractivity contribution >= 4 is 11.8 Å². The molecule has 0 aromatic heterocycles. The first kappa shape index (κ1) is 19.6. The summed E-state index contributed by atoms with van der Waals surface area (Å²) in [5.74, 6) is -0.128. The summed E-state index contributed by atoms with van der Waals surface area (Å²) in [5.41, 5.74) is 3.46. The van der Waals surface area contributed by atoms with Crippen LogP contribution >= 0.6 is 0 Å². The van der Waals surface area contributed by atoms with Gasteiger partial charge in [0.25, 0.3) is 5.91 Å². The molecule has 0 radical (unpaired) electrons. The van der Waals surface area contributed by atoms with E-state index in [0.29, 0.717) is 19.6 Å². The molecule has 2 aromatic rings. The van der Waals surface area contributed by atoms with E-state index < -0.39 is 5.60 Å². The fourth-order valence-corrected chi connectivity index (χ4v) is 3.86. The van der Waals surface area contributed by atoms with E-state index in [-0.39, 0.29) is 24.4 Å². The van der Waals surface area contributed by atoms with Crippen LogP contribution in [0.5, 0.6) is 0 Å². The number of benzene rings is 2. The third-order valence-corrected chi connectivity index (χ3v) is 5.76. The van der Waals surface area contributed by atoms with Crippen molar-refractivity contribution in [2.45, 2.75) is 44.8 Å². The molecule has 2 aromatic carbocycles. The summed E-state index contributed by atoms with van der Waals surface area (Å²) >= 11 is 0. The lowest BCUT2D eigenvalue weighted by molar-refractivity contribution is -0.165. The maximum absolute atomic E-state index is 13.2. The molecule has 2 aliphatic rings. The average Bonchev–Trinajstić information content (AvgIpc) is 3.53. The van der Waals surface area contributed by atoms with Crippen LogP contribution in [-0.4, -0.2) is 48.1 Å². The topological polar surface area (TPSA) is 58.6 Å². The molecular formula is C24H28N2O3. The quantitative estimate of drug-likeness (QED) is 0.851. The molecule has 1 N–H and O–H groups in total. The van der Waals surface area contributed by atoms with Gasteiger partial charge in [-0.25, -0.2) is 0 Å². The Morgan fingerprint density at radius 1 is 1.14 bits per heavy atom.